The molecule has 3 aromatic rings. The summed E-state index contributed by atoms with van der Waals surface area (Å²) < 4.78 is 20.9. The number of rotatable bonds is 9. The largest absolute Gasteiger partial charge is 0.379 e. The molecule has 0 spiro atoms. The normalized spacial score (nSPS) is 15.1. The van der Waals surface area contributed by atoms with Crippen molar-refractivity contribution in [2.45, 2.75) is 30.8 Å². The molecule has 2 aromatic carbocycles. The third-order valence-corrected chi connectivity index (χ3v) is 6.85. The molecule has 0 bridgehead atoms. The van der Waals surface area contributed by atoms with E-state index in [-0.39, 0.29) is 17.5 Å². The Labute approximate surface area is 207 Å². The van der Waals surface area contributed by atoms with Crippen LogP contribution >= 0.6 is 11.8 Å². The zero-order valence-electron chi connectivity index (χ0n) is 19.7. The fraction of sp³-hybridized carbons (Fsp3) is 0.360. The van der Waals surface area contributed by atoms with Crippen molar-refractivity contribution in [2.75, 3.05) is 38.2 Å². The van der Waals surface area contributed by atoms with E-state index in [1.165, 1.54) is 30.8 Å². The van der Waals surface area contributed by atoms with Gasteiger partial charge in [-0.25, -0.2) is 4.39 Å². The average molecular weight is 498 g/mol. The molecule has 10 heteroatoms. The van der Waals surface area contributed by atoms with E-state index in [4.69, 9.17) is 4.74 Å². The van der Waals surface area contributed by atoms with Gasteiger partial charge in [0.1, 0.15) is 5.82 Å². The molecule has 1 aliphatic heterocycles. The molecule has 1 fully saturated rings. The third-order valence-electron chi connectivity index (χ3n) is 5.77. The minimum absolute atomic E-state index is 0.0276. The van der Waals surface area contributed by atoms with Crippen molar-refractivity contribution >= 4 is 29.1 Å². The summed E-state index contributed by atoms with van der Waals surface area (Å²) >= 11 is 1.32. The van der Waals surface area contributed by atoms with Gasteiger partial charge in [0.05, 0.1) is 18.5 Å². The second-order valence-electron chi connectivity index (χ2n) is 8.30. The molecular formula is C25H28FN5O3S. The van der Waals surface area contributed by atoms with Crippen molar-refractivity contribution in [3.63, 3.8) is 0 Å². The number of hydrogen-bond acceptors (Lipinski definition) is 7. The van der Waals surface area contributed by atoms with Crippen molar-refractivity contribution in [3.8, 4) is 11.4 Å². The molecule has 2 heterocycles. The van der Waals surface area contributed by atoms with E-state index in [9.17, 15) is 14.0 Å². The minimum atomic E-state index is -0.449. The quantitative estimate of drug-likeness (QED) is 0.356. The summed E-state index contributed by atoms with van der Waals surface area (Å²) in [4.78, 5) is 26.6. The number of carbonyl (C=O) groups excluding carboxylic acids is 2. The van der Waals surface area contributed by atoms with E-state index in [0.717, 1.165) is 25.2 Å². The number of benzene rings is 2. The van der Waals surface area contributed by atoms with Gasteiger partial charge in [-0.2, -0.15) is 0 Å². The maximum atomic E-state index is 13.5. The maximum Gasteiger partial charge on any atom is 0.237 e. The summed E-state index contributed by atoms with van der Waals surface area (Å²) in [7, 11) is 0. The van der Waals surface area contributed by atoms with Gasteiger partial charge in [-0.3, -0.25) is 14.5 Å². The van der Waals surface area contributed by atoms with Crippen LogP contribution < -0.4 is 5.32 Å². The van der Waals surface area contributed by atoms with Gasteiger partial charge >= 0.3 is 0 Å². The van der Waals surface area contributed by atoms with E-state index >= 15 is 0 Å². The second-order valence-corrected chi connectivity index (χ2v) is 9.61. The van der Waals surface area contributed by atoms with Crippen LogP contribution in [0.1, 0.15) is 24.2 Å². The summed E-state index contributed by atoms with van der Waals surface area (Å²) in [5.74, 6) is 0.106. The topological polar surface area (TPSA) is 89.3 Å². The number of Topliss-reactive ketones (excluding diaryl/α,β-unsaturated/α-hetero) is 1. The number of amides is 1. The van der Waals surface area contributed by atoms with Crippen molar-refractivity contribution in [3.05, 3.63) is 59.9 Å². The van der Waals surface area contributed by atoms with Crippen LogP contribution in [0.25, 0.3) is 11.4 Å². The van der Waals surface area contributed by atoms with Crippen LogP contribution in [0.15, 0.2) is 53.7 Å². The molecule has 1 atom stereocenters. The summed E-state index contributed by atoms with van der Waals surface area (Å²) in [5, 5.41) is 11.8. The summed E-state index contributed by atoms with van der Waals surface area (Å²) in [6, 6.07) is 13.0. The predicted molar refractivity (Wildman–Crippen MR) is 133 cm³/mol. The molecule has 8 nitrogen and oxygen atoms in total. The highest BCUT2D eigenvalue weighted by Crippen LogP contribution is 2.28. The van der Waals surface area contributed by atoms with E-state index < -0.39 is 5.25 Å². The molecule has 1 amide bonds. The Morgan fingerprint density at radius 3 is 2.40 bits per heavy atom. The van der Waals surface area contributed by atoms with Gasteiger partial charge in [0.15, 0.2) is 16.8 Å². The van der Waals surface area contributed by atoms with Crippen LogP contribution in [0.5, 0.6) is 0 Å². The van der Waals surface area contributed by atoms with E-state index in [1.807, 2.05) is 11.5 Å². The number of anilines is 1. The van der Waals surface area contributed by atoms with E-state index in [2.05, 4.69) is 20.4 Å². The number of nitrogens with zero attached hydrogens (tertiary/aromatic N) is 4. The number of carbonyl (C=O) groups is 2. The van der Waals surface area contributed by atoms with Gasteiger partial charge < -0.3 is 14.6 Å². The van der Waals surface area contributed by atoms with Gasteiger partial charge in [-0.1, -0.05) is 11.8 Å². The van der Waals surface area contributed by atoms with Crippen LogP contribution in [0.4, 0.5) is 10.1 Å². The highest BCUT2D eigenvalue weighted by molar-refractivity contribution is 8.00. The molecule has 1 unspecified atom stereocenters. The number of morpholine rings is 1. The Hall–Kier alpha value is -3.08. The first-order chi connectivity index (χ1) is 16.9. The predicted octanol–water partition coefficient (Wildman–Crippen LogP) is 3.74. The Morgan fingerprint density at radius 1 is 1.06 bits per heavy atom. The lowest BCUT2D eigenvalue weighted by Gasteiger charge is -2.27. The van der Waals surface area contributed by atoms with Crippen LogP contribution in [0.2, 0.25) is 0 Å². The van der Waals surface area contributed by atoms with E-state index in [1.54, 1.807) is 36.4 Å². The number of thioether (sulfide) groups is 1. The van der Waals surface area contributed by atoms with E-state index in [0.29, 0.717) is 42.0 Å². The van der Waals surface area contributed by atoms with Crippen molar-refractivity contribution < 1.29 is 18.7 Å². The second kappa shape index (κ2) is 11.6. The first-order valence-electron chi connectivity index (χ1n) is 11.5. The molecule has 1 saturated heterocycles. The lowest BCUT2D eigenvalue weighted by atomic mass is 10.1. The highest BCUT2D eigenvalue weighted by Gasteiger charge is 2.22. The first-order valence-corrected chi connectivity index (χ1v) is 12.4. The lowest BCUT2D eigenvalue weighted by molar-refractivity contribution is -0.115. The molecule has 1 aliphatic rings. The number of ketones is 1. The van der Waals surface area contributed by atoms with Crippen LogP contribution in [-0.2, 0) is 16.1 Å². The zero-order chi connectivity index (χ0) is 24.8. The molecule has 1 aromatic heterocycles. The standard InChI is InChI=1S/C25H28FN5O3S/c1-17(32)19-5-9-22(10-6-19)27-24(33)18(2)35-25-29-28-23(20-3-7-21(26)8-4-20)31(25)12-11-30-13-15-34-16-14-30/h3-10,18H,11-16H2,1-2H3,(H,27,33). The molecule has 35 heavy (non-hydrogen) atoms. The van der Waals surface area contributed by atoms with Gasteiger partial charge in [-0.05, 0) is 62.4 Å². The first kappa shape index (κ1) is 25.0. The number of hydrogen-bond donors (Lipinski definition) is 1. The summed E-state index contributed by atoms with van der Waals surface area (Å²) in [5.41, 5.74) is 1.97. The Morgan fingerprint density at radius 2 is 1.74 bits per heavy atom. The fourth-order valence-corrected chi connectivity index (χ4v) is 4.58. The van der Waals surface area contributed by atoms with Gasteiger partial charge in [-0.15, -0.1) is 10.2 Å². The smallest absolute Gasteiger partial charge is 0.237 e. The Balaban J connectivity index is 1.49. The molecule has 0 radical (unpaired) electrons. The Kier molecular flexibility index (Phi) is 8.27. The van der Waals surface area contributed by atoms with Crippen molar-refractivity contribution in [2.24, 2.45) is 0 Å². The third kappa shape index (κ3) is 6.53. The highest BCUT2D eigenvalue weighted by atomic mass is 32.2. The maximum absolute atomic E-state index is 13.5. The number of ether oxygens (including phenoxy) is 1. The molecule has 0 aliphatic carbocycles. The zero-order valence-corrected chi connectivity index (χ0v) is 20.6. The monoisotopic (exact) mass is 497 g/mol. The number of nitrogens with one attached hydrogen (secondary N) is 1. The van der Waals surface area contributed by atoms with Crippen LogP contribution in [0, 0.1) is 5.82 Å². The van der Waals surface area contributed by atoms with Crippen molar-refractivity contribution in [1.29, 1.82) is 0 Å². The Bertz CT molecular complexity index is 1160. The molecule has 4 rings (SSSR count). The lowest BCUT2D eigenvalue weighted by Crippen LogP contribution is -2.38. The fourth-order valence-electron chi connectivity index (χ4n) is 3.70. The van der Waals surface area contributed by atoms with Gasteiger partial charge in [0, 0.05) is 43.0 Å². The molecular weight excluding hydrogens is 469 g/mol. The van der Waals surface area contributed by atoms with Crippen molar-refractivity contribution in [1.82, 2.24) is 19.7 Å². The summed E-state index contributed by atoms with van der Waals surface area (Å²) in [6.45, 7) is 7.85. The SMILES string of the molecule is CC(=O)c1ccc(NC(=O)C(C)Sc2nnc(-c3ccc(F)cc3)n2CCN2CCOCC2)cc1. The molecule has 0 saturated carbocycles. The van der Waals surface area contributed by atoms with Gasteiger partial charge in [0.25, 0.3) is 0 Å². The molecule has 1 N–H and O–H groups in total. The minimum Gasteiger partial charge on any atom is -0.379 e. The van der Waals surface area contributed by atoms with Crippen LogP contribution in [-0.4, -0.2) is 69.5 Å². The van der Waals surface area contributed by atoms with Gasteiger partial charge in [0.2, 0.25) is 5.91 Å². The average Bonchev–Trinajstić information content (AvgIpc) is 3.26. The number of halogens is 1. The molecule has 184 valence electrons. The number of aromatic nitrogens is 3. The summed E-state index contributed by atoms with van der Waals surface area (Å²) in [6.07, 6.45) is 0. The van der Waals surface area contributed by atoms with Crippen LogP contribution in [0.3, 0.4) is 0 Å².